The van der Waals surface area contributed by atoms with Gasteiger partial charge in [-0.1, -0.05) is 47.4 Å². The summed E-state index contributed by atoms with van der Waals surface area (Å²) in [5, 5.41) is 7.67. The highest BCUT2D eigenvalue weighted by Crippen LogP contribution is 2.19. The van der Waals surface area contributed by atoms with Crippen molar-refractivity contribution in [2.24, 2.45) is 0 Å². The molecule has 1 aliphatic heterocycles. The van der Waals surface area contributed by atoms with Gasteiger partial charge in [0.25, 0.3) is 0 Å². The summed E-state index contributed by atoms with van der Waals surface area (Å²) in [5.41, 5.74) is 3.28. The van der Waals surface area contributed by atoms with E-state index in [1.165, 1.54) is 30.4 Å². The number of hydrogen-bond acceptors (Lipinski definition) is 5. The molecule has 2 aromatic carbocycles. The van der Waals surface area contributed by atoms with E-state index in [-0.39, 0.29) is 5.91 Å². The van der Waals surface area contributed by atoms with Gasteiger partial charge < -0.3 is 9.84 Å². The summed E-state index contributed by atoms with van der Waals surface area (Å²) in [4.78, 5) is 19.3. The SMILES string of the molecule is O=C(CCc1nc(-c2ccc(Cl)cc2)no1)NCc1ccccc1CN1CCCCC1. The molecule has 0 unspecified atom stereocenters. The number of likely N-dealkylation sites (tertiary alicyclic amines) is 1. The first kappa shape index (κ1) is 21.5. The minimum atomic E-state index is -0.0287. The number of benzene rings is 2. The summed E-state index contributed by atoms with van der Waals surface area (Å²) in [6.45, 7) is 3.79. The largest absolute Gasteiger partial charge is 0.352 e. The van der Waals surface area contributed by atoms with Gasteiger partial charge in [-0.3, -0.25) is 9.69 Å². The van der Waals surface area contributed by atoms with E-state index >= 15 is 0 Å². The number of aromatic nitrogens is 2. The minimum absolute atomic E-state index is 0.0287. The van der Waals surface area contributed by atoms with Crippen molar-refractivity contribution in [3.63, 3.8) is 0 Å². The van der Waals surface area contributed by atoms with Gasteiger partial charge >= 0.3 is 0 Å². The number of hydrogen-bond donors (Lipinski definition) is 1. The summed E-state index contributed by atoms with van der Waals surface area (Å²) in [6, 6.07) is 15.6. The van der Waals surface area contributed by atoms with Crippen LogP contribution in [0.4, 0.5) is 0 Å². The molecule has 0 atom stereocenters. The van der Waals surface area contributed by atoms with Crippen LogP contribution in [0.1, 0.15) is 42.7 Å². The van der Waals surface area contributed by atoms with Crippen molar-refractivity contribution in [2.75, 3.05) is 13.1 Å². The highest BCUT2D eigenvalue weighted by Gasteiger charge is 2.14. The van der Waals surface area contributed by atoms with Crippen molar-refractivity contribution < 1.29 is 9.32 Å². The molecule has 3 aromatic rings. The number of nitrogens with one attached hydrogen (secondary N) is 1. The van der Waals surface area contributed by atoms with Crippen molar-refractivity contribution >= 4 is 17.5 Å². The minimum Gasteiger partial charge on any atom is -0.352 e. The van der Waals surface area contributed by atoms with Crippen LogP contribution < -0.4 is 5.32 Å². The molecule has 6 nitrogen and oxygen atoms in total. The molecule has 1 N–H and O–H groups in total. The molecule has 0 bridgehead atoms. The number of aryl methyl sites for hydroxylation is 1. The molecule has 7 heteroatoms. The van der Waals surface area contributed by atoms with Crippen LogP contribution in [0, 0.1) is 0 Å². The molecule has 4 rings (SSSR count). The van der Waals surface area contributed by atoms with E-state index < -0.39 is 0 Å². The normalized spacial score (nSPS) is 14.5. The number of carbonyl (C=O) groups excluding carboxylic acids is 1. The second kappa shape index (κ2) is 10.6. The number of nitrogens with zero attached hydrogens (tertiary/aromatic N) is 3. The van der Waals surface area contributed by atoms with Crippen molar-refractivity contribution in [3.8, 4) is 11.4 Å². The number of piperidine rings is 1. The van der Waals surface area contributed by atoms with Crippen molar-refractivity contribution in [1.29, 1.82) is 0 Å². The molecular weight excluding hydrogens is 412 g/mol. The van der Waals surface area contributed by atoms with Crippen molar-refractivity contribution in [3.05, 3.63) is 70.6 Å². The molecule has 1 aliphatic rings. The quantitative estimate of drug-likeness (QED) is 0.555. The third kappa shape index (κ3) is 6.15. The average Bonchev–Trinajstić information content (AvgIpc) is 3.27. The Hall–Kier alpha value is -2.70. The Labute approximate surface area is 187 Å². The summed E-state index contributed by atoms with van der Waals surface area (Å²) in [5.74, 6) is 0.920. The van der Waals surface area contributed by atoms with Crippen LogP contribution in [-0.4, -0.2) is 34.0 Å². The van der Waals surface area contributed by atoms with E-state index in [1.54, 1.807) is 12.1 Å². The molecule has 162 valence electrons. The molecule has 1 fully saturated rings. The molecule has 1 saturated heterocycles. The first-order valence-electron chi connectivity index (χ1n) is 10.8. The van der Waals surface area contributed by atoms with Crippen LogP contribution in [0.25, 0.3) is 11.4 Å². The van der Waals surface area contributed by atoms with Gasteiger partial charge in [-0.2, -0.15) is 4.98 Å². The molecule has 0 saturated carbocycles. The third-order valence-corrected chi connectivity index (χ3v) is 5.83. The number of halogens is 1. The Morgan fingerprint density at radius 3 is 2.55 bits per heavy atom. The van der Waals surface area contributed by atoms with Crippen LogP contribution in [0.3, 0.4) is 0 Å². The van der Waals surface area contributed by atoms with E-state index in [4.69, 9.17) is 16.1 Å². The molecule has 1 aromatic heterocycles. The Balaban J connectivity index is 1.27. The predicted molar refractivity (Wildman–Crippen MR) is 120 cm³/mol. The summed E-state index contributed by atoms with van der Waals surface area (Å²) in [7, 11) is 0. The van der Waals surface area contributed by atoms with E-state index in [0.29, 0.717) is 36.1 Å². The number of carbonyl (C=O) groups is 1. The Morgan fingerprint density at radius 1 is 1.03 bits per heavy atom. The third-order valence-electron chi connectivity index (χ3n) is 5.57. The van der Waals surface area contributed by atoms with Gasteiger partial charge in [-0.25, -0.2) is 0 Å². The van der Waals surface area contributed by atoms with Gasteiger partial charge in [0.05, 0.1) is 0 Å². The zero-order chi connectivity index (χ0) is 21.5. The topological polar surface area (TPSA) is 71.3 Å². The lowest BCUT2D eigenvalue weighted by molar-refractivity contribution is -0.121. The smallest absolute Gasteiger partial charge is 0.227 e. The summed E-state index contributed by atoms with van der Waals surface area (Å²) >= 11 is 5.91. The van der Waals surface area contributed by atoms with Crippen LogP contribution in [-0.2, 0) is 24.3 Å². The fourth-order valence-corrected chi connectivity index (χ4v) is 3.94. The fraction of sp³-hybridized carbons (Fsp3) is 0.375. The van der Waals surface area contributed by atoms with Crippen molar-refractivity contribution in [1.82, 2.24) is 20.4 Å². The van der Waals surface area contributed by atoms with Gasteiger partial charge in [-0.05, 0) is 61.3 Å². The second-order valence-corrected chi connectivity index (χ2v) is 8.34. The maximum atomic E-state index is 12.4. The second-order valence-electron chi connectivity index (χ2n) is 7.90. The molecule has 31 heavy (non-hydrogen) atoms. The van der Waals surface area contributed by atoms with Crippen LogP contribution in [0.5, 0.6) is 0 Å². The predicted octanol–water partition coefficient (Wildman–Crippen LogP) is 4.62. The maximum Gasteiger partial charge on any atom is 0.227 e. The van der Waals surface area contributed by atoms with Crippen LogP contribution >= 0.6 is 11.6 Å². The van der Waals surface area contributed by atoms with Crippen molar-refractivity contribution in [2.45, 2.75) is 45.2 Å². The van der Waals surface area contributed by atoms with Crippen LogP contribution in [0.2, 0.25) is 5.02 Å². The molecular formula is C24H27ClN4O2. The summed E-state index contributed by atoms with van der Waals surface area (Å²) in [6.07, 6.45) is 4.58. The number of rotatable bonds is 8. The average molecular weight is 439 g/mol. The maximum absolute atomic E-state index is 12.4. The lowest BCUT2D eigenvalue weighted by Crippen LogP contribution is -2.30. The molecule has 2 heterocycles. The van der Waals surface area contributed by atoms with E-state index in [9.17, 15) is 4.79 Å². The van der Waals surface area contributed by atoms with E-state index in [0.717, 1.165) is 25.2 Å². The zero-order valence-corrected chi connectivity index (χ0v) is 18.3. The Bertz CT molecular complexity index is 997. The van der Waals surface area contributed by atoms with Gasteiger partial charge in [0.1, 0.15) is 0 Å². The van der Waals surface area contributed by atoms with Gasteiger partial charge in [0.15, 0.2) is 0 Å². The molecule has 0 radical (unpaired) electrons. The molecule has 0 aliphatic carbocycles. The monoisotopic (exact) mass is 438 g/mol. The first-order valence-corrected chi connectivity index (χ1v) is 11.2. The standard InChI is InChI=1S/C24H27ClN4O2/c25-21-10-8-18(9-11-21)24-27-23(31-28-24)13-12-22(30)26-16-19-6-2-3-7-20(19)17-29-14-4-1-5-15-29/h2-3,6-11H,1,4-5,12-17H2,(H,26,30). The molecule has 0 spiro atoms. The Kier molecular flexibility index (Phi) is 7.33. The first-order chi connectivity index (χ1) is 15.2. The highest BCUT2D eigenvalue weighted by atomic mass is 35.5. The van der Waals surface area contributed by atoms with Gasteiger partial charge in [0, 0.05) is 36.5 Å². The zero-order valence-electron chi connectivity index (χ0n) is 17.5. The lowest BCUT2D eigenvalue weighted by Gasteiger charge is -2.27. The Morgan fingerprint density at radius 2 is 1.77 bits per heavy atom. The van der Waals surface area contributed by atoms with E-state index in [1.807, 2.05) is 18.2 Å². The molecule has 1 amide bonds. The van der Waals surface area contributed by atoms with Gasteiger partial charge in [0.2, 0.25) is 17.6 Å². The van der Waals surface area contributed by atoms with Crippen LogP contribution in [0.15, 0.2) is 53.1 Å². The highest BCUT2D eigenvalue weighted by molar-refractivity contribution is 6.30. The lowest BCUT2D eigenvalue weighted by atomic mass is 10.0. The summed E-state index contributed by atoms with van der Waals surface area (Å²) < 4.78 is 5.29. The van der Waals surface area contributed by atoms with Gasteiger partial charge in [-0.15, -0.1) is 0 Å². The fourth-order valence-electron chi connectivity index (χ4n) is 3.82. The van der Waals surface area contributed by atoms with E-state index in [2.05, 4.69) is 38.6 Å². The number of amides is 1.